The predicted octanol–water partition coefficient (Wildman–Crippen LogP) is 3.50. The molecule has 6 heteroatoms. The molecule has 1 saturated heterocycles. The summed E-state index contributed by atoms with van der Waals surface area (Å²) >= 11 is 0. The van der Waals surface area contributed by atoms with Gasteiger partial charge in [0.15, 0.2) is 5.96 Å². The zero-order valence-electron chi connectivity index (χ0n) is 18.9. The number of aromatic nitrogens is 2. The second-order valence-corrected chi connectivity index (χ2v) is 8.32. The van der Waals surface area contributed by atoms with Crippen molar-refractivity contribution < 1.29 is 0 Å². The maximum absolute atomic E-state index is 4.80. The zero-order chi connectivity index (χ0) is 21.2. The molecule has 1 aromatic heterocycles. The van der Waals surface area contributed by atoms with Crippen molar-refractivity contribution in [2.75, 3.05) is 26.2 Å². The van der Waals surface area contributed by atoms with Gasteiger partial charge in [0, 0.05) is 57.7 Å². The van der Waals surface area contributed by atoms with Gasteiger partial charge in [0.2, 0.25) is 0 Å². The highest BCUT2D eigenvalue weighted by Gasteiger charge is 2.20. The first-order valence-corrected chi connectivity index (χ1v) is 11.4. The van der Waals surface area contributed by atoms with Crippen LogP contribution >= 0.6 is 0 Å². The average Bonchev–Trinajstić information content (AvgIpc) is 3.14. The number of imidazole rings is 1. The molecule has 1 aromatic carbocycles. The third-order valence-corrected chi connectivity index (χ3v) is 5.76. The van der Waals surface area contributed by atoms with Crippen molar-refractivity contribution in [2.24, 2.45) is 4.99 Å². The number of aliphatic imine (C=N–C) groups is 1. The lowest BCUT2D eigenvalue weighted by atomic mass is 10.0. The van der Waals surface area contributed by atoms with E-state index in [4.69, 9.17) is 4.99 Å². The molecule has 0 spiro atoms. The van der Waals surface area contributed by atoms with Gasteiger partial charge < -0.3 is 15.2 Å². The van der Waals surface area contributed by atoms with E-state index in [0.29, 0.717) is 6.04 Å². The van der Waals surface area contributed by atoms with Crippen LogP contribution < -0.4 is 10.6 Å². The average molecular weight is 411 g/mol. The van der Waals surface area contributed by atoms with Crippen molar-refractivity contribution in [3.63, 3.8) is 0 Å². The van der Waals surface area contributed by atoms with E-state index in [1.807, 2.05) is 6.20 Å². The number of nitrogens with one attached hydrogen (secondary N) is 2. The van der Waals surface area contributed by atoms with Crippen molar-refractivity contribution in [1.82, 2.24) is 25.1 Å². The van der Waals surface area contributed by atoms with Crippen molar-refractivity contribution in [3.05, 3.63) is 53.6 Å². The maximum Gasteiger partial charge on any atom is 0.191 e. The van der Waals surface area contributed by atoms with Gasteiger partial charge in [-0.1, -0.05) is 29.8 Å². The fraction of sp³-hybridized carbons (Fsp3) is 0.583. The van der Waals surface area contributed by atoms with Gasteiger partial charge >= 0.3 is 0 Å². The van der Waals surface area contributed by atoms with E-state index in [1.54, 1.807) is 0 Å². The Bertz CT molecular complexity index is 788. The van der Waals surface area contributed by atoms with E-state index in [1.165, 1.54) is 11.1 Å². The molecule has 164 valence electrons. The van der Waals surface area contributed by atoms with Crippen molar-refractivity contribution >= 4 is 5.96 Å². The molecule has 30 heavy (non-hydrogen) atoms. The number of benzene rings is 1. The number of guanidine groups is 1. The molecule has 2 aromatic rings. The molecule has 0 radical (unpaired) electrons. The summed E-state index contributed by atoms with van der Waals surface area (Å²) in [5, 5.41) is 7.07. The molecule has 2 N–H and O–H groups in total. The van der Waals surface area contributed by atoms with Crippen molar-refractivity contribution in [1.29, 1.82) is 0 Å². The lowest BCUT2D eigenvalue weighted by Crippen LogP contribution is -2.48. The van der Waals surface area contributed by atoms with Crippen LogP contribution in [-0.2, 0) is 13.1 Å². The molecule has 2 heterocycles. The molecule has 0 bridgehead atoms. The Labute approximate surface area is 181 Å². The number of hydrogen-bond acceptors (Lipinski definition) is 3. The second kappa shape index (κ2) is 11.7. The topological polar surface area (TPSA) is 57.5 Å². The molecule has 0 unspecified atom stereocenters. The van der Waals surface area contributed by atoms with Gasteiger partial charge in [-0.05, 0) is 52.0 Å². The Morgan fingerprint density at radius 2 is 2.03 bits per heavy atom. The highest BCUT2D eigenvalue weighted by Crippen LogP contribution is 2.14. The van der Waals surface area contributed by atoms with Crippen LogP contribution in [0.4, 0.5) is 0 Å². The number of aryl methyl sites for hydroxylation is 3. The van der Waals surface area contributed by atoms with Crippen LogP contribution in [0.15, 0.2) is 41.7 Å². The predicted molar refractivity (Wildman–Crippen MR) is 125 cm³/mol. The molecular weight excluding hydrogens is 372 g/mol. The minimum atomic E-state index is 0.505. The lowest BCUT2D eigenvalue weighted by molar-refractivity contribution is 0.198. The first-order valence-electron chi connectivity index (χ1n) is 11.4. The monoisotopic (exact) mass is 410 g/mol. The van der Waals surface area contributed by atoms with Crippen molar-refractivity contribution in [3.8, 4) is 0 Å². The van der Waals surface area contributed by atoms with E-state index in [9.17, 15) is 0 Å². The van der Waals surface area contributed by atoms with Gasteiger partial charge in [0.25, 0.3) is 0 Å². The first kappa shape index (κ1) is 22.3. The van der Waals surface area contributed by atoms with Crippen LogP contribution in [-0.4, -0.2) is 52.6 Å². The number of unbranched alkanes of at least 4 members (excludes halogenated alkanes) is 1. The SMILES string of the molecule is CCNC(=NCCCCn1ccnc1C)NC1CCN(Cc2cccc(C)c2)CC1. The van der Waals surface area contributed by atoms with Gasteiger partial charge in [-0.3, -0.25) is 9.89 Å². The van der Waals surface area contributed by atoms with Gasteiger partial charge in [-0.15, -0.1) is 0 Å². The molecule has 0 atom stereocenters. The molecule has 0 aliphatic carbocycles. The van der Waals surface area contributed by atoms with Crippen molar-refractivity contribution in [2.45, 2.75) is 65.6 Å². The summed E-state index contributed by atoms with van der Waals surface area (Å²) in [6.45, 7) is 12.4. The molecule has 0 saturated carbocycles. The minimum absolute atomic E-state index is 0.505. The summed E-state index contributed by atoms with van der Waals surface area (Å²) in [6.07, 6.45) is 8.45. The summed E-state index contributed by atoms with van der Waals surface area (Å²) in [4.78, 5) is 11.6. The van der Waals surface area contributed by atoms with E-state index >= 15 is 0 Å². The second-order valence-electron chi connectivity index (χ2n) is 8.32. The zero-order valence-corrected chi connectivity index (χ0v) is 18.9. The highest BCUT2D eigenvalue weighted by molar-refractivity contribution is 5.80. The Hall–Kier alpha value is -2.34. The van der Waals surface area contributed by atoms with Crippen LogP contribution in [0.25, 0.3) is 0 Å². The summed E-state index contributed by atoms with van der Waals surface area (Å²) < 4.78 is 2.21. The fourth-order valence-electron chi connectivity index (χ4n) is 4.04. The Morgan fingerprint density at radius 3 is 2.73 bits per heavy atom. The van der Waals surface area contributed by atoms with Gasteiger partial charge in [-0.25, -0.2) is 4.98 Å². The third-order valence-electron chi connectivity index (χ3n) is 5.76. The number of nitrogens with zero attached hydrogens (tertiary/aromatic N) is 4. The molecular formula is C24H38N6. The van der Waals surface area contributed by atoms with Gasteiger partial charge in [0.05, 0.1) is 0 Å². The van der Waals surface area contributed by atoms with Crippen LogP contribution in [0, 0.1) is 13.8 Å². The largest absolute Gasteiger partial charge is 0.357 e. The number of rotatable bonds is 9. The Kier molecular flexibility index (Phi) is 8.75. The van der Waals surface area contributed by atoms with E-state index in [2.05, 4.69) is 76.3 Å². The molecule has 0 amide bonds. The van der Waals surface area contributed by atoms with E-state index in [0.717, 1.165) is 76.7 Å². The maximum atomic E-state index is 4.80. The van der Waals surface area contributed by atoms with Gasteiger partial charge in [-0.2, -0.15) is 0 Å². The molecule has 6 nitrogen and oxygen atoms in total. The Morgan fingerprint density at radius 1 is 1.20 bits per heavy atom. The summed E-state index contributed by atoms with van der Waals surface area (Å²) in [7, 11) is 0. The number of piperidine rings is 1. The molecule has 1 aliphatic rings. The smallest absolute Gasteiger partial charge is 0.191 e. The standard InChI is InChI=1S/C24H38N6/c1-4-25-24(27-12-5-6-14-30-17-13-26-21(30)3)28-23-10-15-29(16-11-23)19-22-9-7-8-20(2)18-22/h7-9,13,17-18,23H,4-6,10-12,14-16,19H2,1-3H3,(H2,25,27,28). The summed E-state index contributed by atoms with van der Waals surface area (Å²) in [6, 6.07) is 9.37. The molecule has 3 rings (SSSR count). The van der Waals surface area contributed by atoms with E-state index in [-0.39, 0.29) is 0 Å². The summed E-state index contributed by atoms with van der Waals surface area (Å²) in [5.74, 6) is 2.05. The van der Waals surface area contributed by atoms with Crippen LogP contribution in [0.5, 0.6) is 0 Å². The number of likely N-dealkylation sites (tertiary alicyclic amines) is 1. The van der Waals surface area contributed by atoms with Gasteiger partial charge in [0.1, 0.15) is 5.82 Å². The molecule has 1 aliphatic heterocycles. The van der Waals surface area contributed by atoms with E-state index < -0.39 is 0 Å². The normalized spacial score (nSPS) is 16.0. The van der Waals surface area contributed by atoms with Crippen LogP contribution in [0.2, 0.25) is 0 Å². The lowest BCUT2D eigenvalue weighted by Gasteiger charge is -2.33. The molecule has 1 fully saturated rings. The first-order chi connectivity index (χ1) is 14.6. The fourth-order valence-corrected chi connectivity index (χ4v) is 4.04. The quantitative estimate of drug-likeness (QED) is 0.377. The minimum Gasteiger partial charge on any atom is -0.357 e. The third kappa shape index (κ3) is 7.17. The van der Waals surface area contributed by atoms with Crippen LogP contribution in [0.1, 0.15) is 49.6 Å². The number of hydrogen-bond donors (Lipinski definition) is 2. The Balaban J connectivity index is 1.38. The highest BCUT2D eigenvalue weighted by atomic mass is 15.2. The summed E-state index contributed by atoms with van der Waals surface area (Å²) in [5.41, 5.74) is 2.76. The van der Waals surface area contributed by atoms with Crippen LogP contribution in [0.3, 0.4) is 0 Å².